The van der Waals surface area contributed by atoms with E-state index in [2.05, 4.69) is 86.6 Å². The van der Waals surface area contributed by atoms with Crippen molar-refractivity contribution in [2.75, 3.05) is 0 Å². The van der Waals surface area contributed by atoms with Gasteiger partial charge >= 0.3 is 0 Å². The van der Waals surface area contributed by atoms with Gasteiger partial charge in [-0.15, -0.1) is 0 Å². The van der Waals surface area contributed by atoms with E-state index in [1.807, 2.05) is 0 Å². The molecule has 0 amide bonds. The Morgan fingerprint density at radius 3 is 1.91 bits per heavy atom. The molecule has 0 aliphatic carbocycles. The fourth-order valence-corrected chi connectivity index (χ4v) is 3.22. The third kappa shape index (κ3) is 3.37. The average Bonchev–Trinajstić information content (AvgIpc) is 2.62. The molecule has 3 aromatic carbocycles. The van der Waals surface area contributed by atoms with Gasteiger partial charge in [-0.05, 0) is 53.1 Å². The Morgan fingerprint density at radius 1 is 0.696 bits per heavy atom. The number of unbranched alkanes of at least 4 members (excludes halogenated alkanes) is 1. The standard InChI is InChI=1S/C23H24/c1-3-4-15-21-18(2)16-17-22(19-11-7-5-8-12-19)23(21)20-13-9-6-10-14-20/h5-14,16-17H,3-4,15H2,1-2H3. The Balaban J connectivity index is 2.24. The van der Waals surface area contributed by atoms with Crippen molar-refractivity contribution < 1.29 is 0 Å². The summed E-state index contributed by atoms with van der Waals surface area (Å²) in [4.78, 5) is 0. The van der Waals surface area contributed by atoms with Gasteiger partial charge in [-0.3, -0.25) is 0 Å². The van der Waals surface area contributed by atoms with Crippen molar-refractivity contribution >= 4 is 0 Å². The van der Waals surface area contributed by atoms with Crippen LogP contribution in [0.3, 0.4) is 0 Å². The molecule has 0 aliphatic rings. The van der Waals surface area contributed by atoms with Crippen LogP contribution < -0.4 is 0 Å². The summed E-state index contributed by atoms with van der Waals surface area (Å²) in [7, 11) is 0. The number of hydrogen-bond acceptors (Lipinski definition) is 0. The minimum Gasteiger partial charge on any atom is -0.0654 e. The second kappa shape index (κ2) is 7.28. The smallest absolute Gasteiger partial charge is 0.00707 e. The molecule has 116 valence electrons. The molecule has 0 nitrogen and oxygen atoms in total. The first kappa shape index (κ1) is 15.6. The van der Waals surface area contributed by atoms with Crippen LogP contribution in [0.25, 0.3) is 22.3 Å². The summed E-state index contributed by atoms with van der Waals surface area (Å²) < 4.78 is 0. The molecule has 0 fully saturated rings. The van der Waals surface area contributed by atoms with Gasteiger partial charge in [-0.2, -0.15) is 0 Å². The maximum absolute atomic E-state index is 2.28. The van der Waals surface area contributed by atoms with Crippen LogP contribution >= 0.6 is 0 Å². The average molecular weight is 300 g/mol. The van der Waals surface area contributed by atoms with Crippen molar-refractivity contribution in [3.8, 4) is 22.3 Å². The molecule has 0 aromatic heterocycles. The third-order valence-corrected chi connectivity index (χ3v) is 4.47. The van der Waals surface area contributed by atoms with Gasteiger partial charge in [0.15, 0.2) is 0 Å². The quantitative estimate of drug-likeness (QED) is 0.493. The summed E-state index contributed by atoms with van der Waals surface area (Å²) in [6.07, 6.45) is 3.61. The Bertz CT molecular complexity index is 755. The van der Waals surface area contributed by atoms with E-state index < -0.39 is 0 Å². The molecule has 3 aromatic rings. The second-order valence-corrected chi connectivity index (χ2v) is 6.12. The molecule has 0 radical (unpaired) electrons. The topological polar surface area (TPSA) is 0 Å². The molecule has 0 N–H and O–H groups in total. The SMILES string of the molecule is CCCCc1c(C)ccc(-c2ccccc2)c1-c1ccccc1. The first-order valence-electron chi connectivity index (χ1n) is 8.54. The van der Waals surface area contributed by atoms with E-state index >= 15 is 0 Å². The van der Waals surface area contributed by atoms with Crippen LogP contribution in [0.2, 0.25) is 0 Å². The van der Waals surface area contributed by atoms with E-state index in [1.165, 1.54) is 46.2 Å². The lowest BCUT2D eigenvalue weighted by Gasteiger charge is -2.18. The number of aryl methyl sites for hydroxylation is 1. The van der Waals surface area contributed by atoms with Gasteiger partial charge in [0.05, 0.1) is 0 Å². The van der Waals surface area contributed by atoms with E-state index in [4.69, 9.17) is 0 Å². The summed E-state index contributed by atoms with van der Waals surface area (Å²) in [6, 6.07) is 26.1. The molecule has 3 rings (SSSR count). The minimum atomic E-state index is 1.15. The Hall–Kier alpha value is -2.34. The normalized spacial score (nSPS) is 10.7. The molecule has 0 unspecified atom stereocenters. The van der Waals surface area contributed by atoms with Crippen LogP contribution in [0, 0.1) is 6.92 Å². The molecule has 0 spiro atoms. The van der Waals surface area contributed by atoms with Gasteiger partial charge in [-0.1, -0.05) is 86.1 Å². The minimum absolute atomic E-state index is 1.15. The second-order valence-electron chi connectivity index (χ2n) is 6.12. The highest BCUT2D eigenvalue weighted by molar-refractivity contribution is 5.86. The fourth-order valence-electron chi connectivity index (χ4n) is 3.22. The van der Waals surface area contributed by atoms with Crippen molar-refractivity contribution in [3.05, 3.63) is 83.9 Å². The van der Waals surface area contributed by atoms with E-state index in [9.17, 15) is 0 Å². The number of rotatable bonds is 5. The largest absolute Gasteiger partial charge is 0.0654 e. The monoisotopic (exact) mass is 300 g/mol. The van der Waals surface area contributed by atoms with Gasteiger partial charge in [0.2, 0.25) is 0 Å². The summed E-state index contributed by atoms with van der Waals surface area (Å²) >= 11 is 0. The van der Waals surface area contributed by atoms with Crippen LogP contribution in [0.15, 0.2) is 72.8 Å². The van der Waals surface area contributed by atoms with Crippen LogP contribution in [0.1, 0.15) is 30.9 Å². The lowest BCUT2D eigenvalue weighted by Crippen LogP contribution is -1.97. The van der Waals surface area contributed by atoms with Crippen molar-refractivity contribution in [2.45, 2.75) is 33.1 Å². The van der Waals surface area contributed by atoms with Gasteiger partial charge < -0.3 is 0 Å². The van der Waals surface area contributed by atoms with E-state index in [0.717, 1.165) is 6.42 Å². The summed E-state index contributed by atoms with van der Waals surface area (Å²) in [5.41, 5.74) is 8.26. The van der Waals surface area contributed by atoms with Crippen LogP contribution in [0.5, 0.6) is 0 Å². The Morgan fingerprint density at radius 2 is 1.30 bits per heavy atom. The highest BCUT2D eigenvalue weighted by Crippen LogP contribution is 2.37. The van der Waals surface area contributed by atoms with E-state index in [1.54, 1.807) is 0 Å². The Kier molecular flexibility index (Phi) is 4.92. The van der Waals surface area contributed by atoms with Gasteiger partial charge in [0.1, 0.15) is 0 Å². The predicted octanol–water partition coefficient (Wildman–Crippen LogP) is 6.67. The third-order valence-electron chi connectivity index (χ3n) is 4.47. The fraction of sp³-hybridized carbons (Fsp3) is 0.217. The number of hydrogen-bond donors (Lipinski definition) is 0. The van der Waals surface area contributed by atoms with Crippen molar-refractivity contribution in [1.82, 2.24) is 0 Å². The molecule has 0 saturated heterocycles. The first-order chi connectivity index (χ1) is 11.3. The molecular weight excluding hydrogens is 276 g/mol. The summed E-state index contributed by atoms with van der Waals surface area (Å²) in [5.74, 6) is 0. The molecular formula is C23H24. The van der Waals surface area contributed by atoms with E-state index in [0.29, 0.717) is 0 Å². The molecule has 23 heavy (non-hydrogen) atoms. The lowest BCUT2D eigenvalue weighted by molar-refractivity contribution is 0.792. The van der Waals surface area contributed by atoms with Crippen LogP contribution in [-0.4, -0.2) is 0 Å². The molecule has 0 heterocycles. The summed E-state index contributed by atoms with van der Waals surface area (Å²) in [6.45, 7) is 4.50. The van der Waals surface area contributed by atoms with Crippen molar-refractivity contribution in [2.24, 2.45) is 0 Å². The van der Waals surface area contributed by atoms with E-state index in [-0.39, 0.29) is 0 Å². The maximum Gasteiger partial charge on any atom is -0.00707 e. The Labute approximate surface area is 139 Å². The first-order valence-corrected chi connectivity index (χ1v) is 8.54. The van der Waals surface area contributed by atoms with Crippen molar-refractivity contribution in [1.29, 1.82) is 0 Å². The lowest BCUT2D eigenvalue weighted by atomic mass is 9.86. The van der Waals surface area contributed by atoms with Crippen molar-refractivity contribution in [3.63, 3.8) is 0 Å². The van der Waals surface area contributed by atoms with Gasteiger partial charge in [-0.25, -0.2) is 0 Å². The molecule has 0 saturated carbocycles. The number of benzene rings is 3. The molecule has 0 heteroatoms. The highest BCUT2D eigenvalue weighted by Gasteiger charge is 2.14. The zero-order chi connectivity index (χ0) is 16.1. The zero-order valence-electron chi connectivity index (χ0n) is 14.0. The predicted molar refractivity (Wildman–Crippen MR) is 101 cm³/mol. The van der Waals surface area contributed by atoms with Gasteiger partial charge in [0, 0.05) is 0 Å². The summed E-state index contributed by atoms with van der Waals surface area (Å²) in [5, 5.41) is 0. The molecule has 0 aliphatic heterocycles. The van der Waals surface area contributed by atoms with Crippen LogP contribution in [0.4, 0.5) is 0 Å². The highest BCUT2D eigenvalue weighted by atomic mass is 14.2. The molecule has 0 bridgehead atoms. The van der Waals surface area contributed by atoms with Crippen LogP contribution in [-0.2, 0) is 6.42 Å². The zero-order valence-corrected chi connectivity index (χ0v) is 14.0. The maximum atomic E-state index is 2.28. The van der Waals surface area contributed by atoms with Gasteiger partial charge in [0.25, 0.3) is 0 Å². The molecule has 0 atom stereocenters.